The van der Waals surface area contributed by atoms with Crippen LogP contribution < -0.4 is 10.6 Å². The Morgan fingerprint density at radius 3 is 2.76 bits per heavy atom. The number of nitrogens with zero attached hydrogens (tertiary/aromatic N) is 5. The van der Waals surface area contributed by atoms with Gasteiger partial charge in [0, 0.05) is 67.0 Å². The average molecular weight is 454 g/mol. The van der Waals surface area contributed by atoms with Crippen LogP contribution in [0.4, 0.5) is 10.6 Å². The normalized spacial score (nSPS) is 14.8. The summed E-state index contributed by atoms with van der Waals surface area (Å²) in [6.45, 7) is 1.75. The van der Waals surface area contributed by atoms with E-state index in [9.17, 15) is 4.79 Å². The maximum Gasteiger partial charge on any atom is 0.322 e. The molecule has 0 fully saturated rings. The van der Waals surface area contributed by atoms with Gasteiger partial charge in [-0.15, -0.1) is 0 Å². The standard InChI is InChI=1S/C26H27N7O/c34-26(30-21-7-2-1-3-8-21)33-17-12-23-22(18-33)25(29-16-11-20-6-4-5-13-28-20)32-24(31-23)19-9-14-27-15-10-19/h2,4-10,13-15H,1,3,11-12,16-18H2,(H,30,34)(H,29,31,32). The molecule has 1 aliphatic carbocycles. The molecule has 1 aliphatic heterocycles. The molecule has 2 amide bonds. The van der Waals surface area contributed by atoms with Gasteiger partial charge in [0.1, 0.15) is 5.82 Å². The fourth-order valence-electron chi connectivity index (χ4n) is 4.13. The maximum absolute atomic E-state index is 12.9. The minimum atomic E-state index is -0.0962. The lowest BCUT2D eigenvalue weighted by atomic mass is 10.1. The van der Waals surface area contributed by atoms with Crippen molar-refractivity contribution in [3.63, 3.8) is 0 Å². The lowest BCUT2D eigenvalue weighted by molar-refractivity contribution is 0.195. The number of rotatable bonds is 6. The van der Waals surface area contributed by atoms with E-state index in [4.69, 9.17) is 9.97 Å². The van der Waals surface area contributed by atoms with E-state index in [2.05, 4.69) is 32.8 Å². The Labute approximate surface area is 198 Å². The van der Waals surface area contributed by atoms with Crippen molar-refractivity contribution in [1.82, 2.24) is 30.2 Å². The highest BCUT2D eigenvalue weighted by Gasteiger charge is 2.26. The quantitative estimate of drug-likeness (QED) is 0.588. The second kappa shape index (κ2) is 10.2. The van der Waals surface area contributed by atoms with E-state index in [1.807, 2.05) is 41.3 Å². The van der Waals surface area contributed by atoms with Gasteiger partial charge < -0.3 is 15.5 Å². The van der Waals surface area contributed by atoms with Gasteiger partial charge >= 0.3 is 6.03 Å². The molecule has 0 radical (unpaired) electrons. The molecule has 0 bridgehead atoms. The van der Waals surface area contributed by atoms with Crippen molar-refractivity contribution < 1.29 is 4.79 Å². The predicted molar refractivity (Wildman–Crippen MR) is 131 cm³/mol. The fraction of sp³-hybridized carbons (Fsp3) is 0.269. The first kappa shape index (κ1) is 21.8. The summed E-state index contributed by atoms with van der Waals surface area (Å²) in [5, 5.41) is 6.51. The Bertz CT molecular complexity index is 1210. The van der Waals surface area contributed by atoms with Crippen molar-refractivity contribution in [3.05, 3.63) is 89.8 Å². The fourth-order valence-corrected chi connectivity index (χ4v) is 4.13. The Balaban J connectivity index is 1.37. The number of anilines is 1. The van der Waals surface area contributed by atoms with E-state index in [0.717, 1.165) is 53.3 Å². The van der Waals surface area contributed by atoms with Crippen molar-refractivity contribution in [2.24, 2.45) is 0 Å². The van der Waals surface area contributed by atoms with Crippen LogP contribution in [0.1, 0.15) is 29.8 Å². The summed E-state index contributed by atoms with van der Waals surface area (Å²) in [4.78, 5) is 33.0. The van der Waals surface area contributed by atoms with Crippen molar-refractivity contribution in [3.8, 4) is 11.4 Å². The largest absolute Gasteiger partial charge is 0.369 e. The number of nitrogens with one attached hydrogen (secondary N) is 2. The number of pyridine rings is 2. The molecule has 34 heavy (non-hydrogen) atoms. The van der Waals surface area contributed by atoms with E-state index < -0.39 is 0 Å². The molecule has 0 spiro atoms. The molecule has 2 aliphatic rings. The van der Waals surface area contributed by atoms with Gasteiger partial charge in [-0.2, -0.15) is 0 Å². The maximum atomic E-state index is 12.9. The summed E-state index contributed by atoms with van der Waals surface area (Å²) < 4.78 is 0. The van der Waals surface area contributed by atoms with Crippen LogP contribution in [0.5, 0.6) is 0 Å². The van der Waals surface area contributed by atoms with Crippen molar-refractivity contribution in [1.29, 1.82) is 0 Å². The van der Waals surface area contributed by atoms with E-state index in [1.54, 1.807) is 18.6 Å². The molecular weight excluding hydrogens is 426 g/mol. The molecule has 172 valence electrons. The van der Waals surface area contributed by atoms with Crippen molar-refractivity contribution in [2.45, 2.75) is 32.2 Å². The van der Waals surface area contributed by atoms with E-state index >= 15 is 0 Å². The molecule has 0 aromatic carbocycles. The third-order valence-corrected chi connectivity index (χ3v) is 5.93. The number of fused-ring (bicyclic) bond motifs is 1. The number of allylic oxidation sites excluding steroid dienone is 3. The van der Waals surface area contributed by atoms with Crippen LogP contribution in [0.25, 0.3) is 11.4 Å². The van der Waals surface area contributed by atoms with Crippen LogP contribution >= 0.6 is 0 Å². The monoisotopic (exact) mass is 453 g/mol. The Morgan fingerprint density at radius 1 is 1.06 bits per heavy atom. The highest BCUT2D eigenvalue weighted by Crippen LogP contribution is 2.27. The molecule has 5 rings (SSSR count). The number of hydrogen-bond acceptors (Lipinski definition) is 6. The number of hydrogen-bond donors (Lipinski definition) is 2. The highest BCUT2D eigenvalue weighted by atomic mass is 16.2. The zero-order valence-corrected chi connectivity index (χ0v) is 18.9. The molecule has 0 atom stereocenters. The summed E-state index contributed by atoms with van der Waals surface area (Å²) >= 11 is 0. The summed E-state index contributed by atoms with van der Waals surface area (Å²) in [7, 11) is 0. The zero-order valence-electron chi connectivity index (χ0n) is 18.9. The van der Waals surface area contributed by atoms with Crippen LogP contribution in [0.2, 0.25) is 0 Å². The first-order chi connectivity index (χ1) is 16.8. The summed E-state index contributed by atoms with van der Waals surface area (Å²) in [6, 6.07) is 9.64. The molecule has 0 saturated heterocycles. The molecule has 3 aromatic rings. The van der Waals surface area contributed by atoms with Gasteiger partial charge in [-0.05, 0) is 43.2 Å². The van der Waals surface area contributed by atoms with Gasteiger partial charge in [-0.25, -0.2) is 14.8 Å². The third-order valence-electron chi connectivity index (χ3n) is 5.93. The lowest BCUT2D eigenvalue weighted by Crippen LogP contribution is -2.43. The molecule has 0 unspecified atom stereocenters. The Kier molecular flexibility index (Phi) is 6.56. The summed E-state index contributed by atoms with van der Waals surface area (Å²) in [5.74, 6) is 1.43. The van der Waals surface area contributed by atoms with Crippen LogP contribution in [-0.2, 0) is 19.4 Å². The first-order valence-electron chi connectivity index (χ1n) is 11.6. The minimum Gasteiger partial charge on any atom is -0.369 e. The van der Waals surface area contributed by atoms with Crippen molar-refractivity contribution in [2.75, 3.05) is 18.4 Å². The second-order valence-electron chi connectivity index (χ2n) is 8.30. The van der Waals surface area contributed by atoms with Crippen LogP contribution in [0.15, 0.2) is 72.8 Å². The lowest BCUT2D eigenvalue weighted by Gasteiger charge is -2.30. The SMILES string of the molecule is O=C(NC1=CCCC=C1)N1CCc2nc(-c3ccncc3)nc(NCCc3ccccn3)c2C1. The number of carbonyl (C=O) groups excluding carboxylic acids is 1. The van der Waals surface area contributed by atoms with E-state index in [0.29, 0.717) is 31.9 Å². The van der Waals surface area contributed by atoms with Gasteiger partial charge in [-0.1, -0.05) is 18.2 Å². The molecular formula is C26H27N7O. The zero-order chi connectivity index (χ0) is 23.2. The summed E-state index contributed by atoms with van der Waals surface area (Å²) in [6.07, 6.45) is 14.8. The highest BCUT2D eigenvalue weighted by molar-refractivity contribution is 5.77. The minimum absolute atomic E-state index is 0.0962. The summed E-state index contributed by atoms with van der Waals surface area (Å²) in [5.41, 5.74) is 4.74. The first-order valence-corrected chi connectivity index (χ1v) is 11.6. The topological polar surface area (TPSA) is 95.9 Å². The van der Waals surface area contributed by atoms with Crippen molar-refractivity contribution >= 4 is 11.8 Å². The molecule has 2 N–H and O–H groups in total. The molecule has 4 heterocycles. The second-order valence-corrected chi connectivity index (χ2v) is 8.30. The van der Waals surface area contributed by atoms with E-state index in [1.165, 1.54) is 0 Å². The molecule has 8 nitrogen and oxygen atoms in total. The van der Waals surface area contributed by atoms with Crippen LogP contribution in [0, 0.1) is 0 Å². The smallest absolute Gasteiger partial charge is 0.322 e. The van der Waals surface area contributed by atoms with Gasteiger partial charge in [0.25, 0.3) is 0 Å². The number of amides is 2. The van der Waals surface area contributed by atoms with Crippen LogP contribution in [0.3, 0.4) is 0 Å². The Hall–Kier alpha value is -4.07. The molecule has 3 aromatic heterocycles. The van der Waals surface area contributed by atoms with Gasteiger partial charge in [0.2, 0.25) is 0 Å². The van der Waals surface area contributed by atoms with Gasteiger partial charge in [0.05, 0.1) is 12.2 Å². The van der Waals surface area contributed by atoms with Gasteiger partial charge in [-0.3, -0.25) is 9.97 Å². The van der Waals surface area contributed by atoms with E-state index in [-0.39, 0.29) is 6.03 Å². The van der Waals surface area contributed by atoms with Crippen LogP contribution in [-0.4, -0.2) is 44.0 Å². The predicted octanol–water partition coefficient (Wildman–Crippen LogP) is 3.89. The number of aromatic nitrogens is 4. The Morgan fingerprint density at radius 2 is 1.97 bits per heavy atom. The number of urea groups is 1. The molecule has 8 heteroatoms. The average Bonchev–Trinajstić information content (AvgIpc) is 2.90. The van der Waals surface area contributed by atoms with Gasteiger partial charge in [0.15, 0.2) is 5.82 Å². The third kappa shape index (κ3) is 5.11. The molecule has 0 saturated carbocycles. The number of carbonyl (C=O) groups is 1.